The molecule has 1 unspecified atom stereocenters. The van der Waals surface area contributed by atoms with Crippen LogP contribution in [0.3, 0.4) is 0 Å². The van der Waals surface area contributed by atoms with Gasteiger partial charge in [0.1, 0.15) is 0 Å². The minimum Gasteiger partial charge on any atom is -0.324 e. The summed E-state index contributed by atoms with van der Waals surface area (Å²) in [4.78, 5) is 0. The minimum absolute atomic E-state index is 0.158. The Hall–Kier alpha value is -1.60. The molecule has 1 heteroatoms. The Bertz CT molecular complexity index is 485. The maximum absolute atomic E-state index is 6.20. The molecule has 0 aromatic heterocycles. The first kappa shape index (κ1) is 13.8. The molecule has 2 aromatic rings. The van der Waals surface area contributed by atoms with E-state index in [1.165, 1.54) is 16.7 Å². The van der Waals surface area contributed by atoms with Gasteiger partial charge < -0.3 is 5.73 Å². The SMILES string of the molecule is CC(C)CC(N)c1ccc(Cc2ccccc2)cc1. The lowest BCUT2D eigenvalue weighted by Gasteiger charge is -2.14. The van der Waals surface area contributed by atoms with Gasteiger partial charge in [-0.15, -0.1) is 0 Å². The molecule has 100 valence electrons. The van der Waals surface area contributed by atoms with Gasteiger partial charge in [-0.2, -0.15) is 0 Å². The molecule has 0 radical (unpaired) electrons. The van der Waals surface area contributed by atoms with Crippen LogP contribution in [0.25, 0.3) is 0 Å². The molecule has 1 atom stereocenters. The van der Waals surface area contributed by atoms with E-state index < -0.39 is 0 Å². The van der Waals surface area contributed by atoms with Gasteiger partial charge in [0, 0.05) is 6.04 Å². The van der Waals surface area contributed by atoms with Crippen LogP contribution in [0.15, 0.2) is 54.6 Å². The van der Waals surface area contributed by atoms with Gasteiger partial charge in [-0.3, -0.25) is 0 Å². The summed E-state index contributed by atoms with van der Waals surface area (Å²) < 4.78 is 0. The van der Waals surface area contributed by atoms with Crippen LogP contribution in [0.1, 0.15) is 43.0 Å². The lowest BCUT2D eigenvalue weighted by Crippen LogP contribution is -2.12. The maximum atomic E-state index is 6.20. The standard InChI is InChI=1S/C18H23N/c1-14(2)12-18(19)17-10-8-16(9-11-17)13-15-6-4-3-5-7-15/h3-11,14,18H,12-13,19H2,1-2H3. The van der Waals surface area contributed by atoms with Crippen LogP contribution < -0.4 is 5.73 Å². The first-order valence-corrected chi connectivity index (χ1v) is 7.03. The Morgan fingerprint density at radius 1 is 0.842 bits per heavy atom. The fourth-order valence-corrected chi connectivity index (χ4v) is 2.36. The first-order chi connectivity index (χ1) is 9.15. The van der Waals surface area contributed by atoms with Crippen LogP contribution in [-0.2, 0) is 6.42 Å². The molecule has 19 heavy (non-hydrogen) atoms. The van der Waals surface area contributed by atoms with Crippen molar-refractivity contribution in [2.75, 3.05) is 0 Å². The van der Waals surface area contributed by atoms with E-state index in [2.05, 4.69) is 68.4 Å². The predicted molar refractivity (Wildman–Crippen MR) is 82.1 cm³/mol. The topological polar surface area (TPSA) is 26.0 Å². The number of nitrogens with two attached hydrogens (primary N) is 1. The molecule has 0 amide bonds. The Kier molecular flexibility index (Phi) is 4.75. The Labute approximate surface area is 116 Å². The summed E-state index contributed by atoms with van der Waals surface area (Å²) >= 11 is 0. The zero-order chi connectivity index (χ0) is 13.7. The second kappa shape index (κ2) is 6.53. The number of benzene rings is 2. The highest BCUT2D eigenvalue weighted by molar-refractivity contribution is 5.29. The summed E-state index contributed by atoms with van der Waals surface area (Å²) in [7, 11) is 0. The molecule has 0 fully saturated rings. The second-order valence-electron chi connectivity index (χ2n) is 5.64. The molecule has 0 saturated carbocycles. The van der Waals surface area contributed by atoms with Crippen molar-refractivity contribution in [2.45, 2.75) is 32.7 Å². The van der Waals surface area contributed by atoms with Crippen molar-refractivity contribution in [3.63, 3.8) is 0 Å². The van der Waals surface area contributed by atoms with E-state index in [1.807, 2.05) is 0 Å². The van der Waals surface area contributed by atoms with Gasteiger partial charge in [0.25, 0.3) is 0 Å². The molecule has 0 aliphatic carbocycles. The molecule has 2 rings (SSSR count). The van der Waals surface area contributed by atoms with Crippen LogP contribution in [0.4, 0.5) is 0 Å². The van der Waals surface area contributed by atoms with E-state index in [0.29, 0.717) is 5.92 Å². The van der Waals surface area contributed by atoms with E-state index in [0.717, 1.165) is 12.8 Å². The highest BCUT2D eigenvalue weighted by Gasteiger charge is 2.08. The Balaban J connectivity index is 2.02. The predicted octanol–water partition coefficient (Wildman–Crippen LogP) is 4.32. The Morgan fingerprint density at radius 2 is 1.42 bits per heavy atom. The summed E-state index contributed by atoms with van der Waals surface area (Å²) in [5.74, 6) is 0.638. The van der Waals surface area contributed by atoms with Gasteiger partial charge in [-0.05, 0) is 35.4 Å². The number of rotatable bonds is 5. The van der Waals surface area contributed by atoms with Gasteiger partial charge in [-0.1, -0.05) is 68.4 Å². The molecule has 2 aromatic carbocycles. The normalized spacial score (nSPS) is 12.6. The minimum atomic E-state index is 0.158. The van der Waals surface area contributed by atoms with Crippen LogP contribution >= 0.6 is 0 Å². The van der Waals surface area contributed by atoms with Gasteiger partial charge in [-0.25, -0.2) is 0 Å². The van der Waals surface area contributed by atoms with E-state index in [-0.39, 0.29) is 6.04 Å². The zero-order valence-electron chi connectivity index (χ0n) is 11.8. The number of hydrogen-bond donors (Lipinski definition) is 1. The molecule has 0 aliphatic rings. The molecular weight excluding hydrogens is 230 g/mol. The van der Waals surface area contributed by atoms with Gasteiger partial charge in [0.05, 0.1) is 0 Å². The monoisotopic (exact) mass is 253 g/mol. The molecule has 2 N–H and O–H groups in total. The fraction of sp³-hybridized carbons (Fsp3) is 0.333. The highest BCUT2D eigenvalue weighted by Crippen LogP contribution is 2.20. The third-order valence-electron chi connectivity index (χ3n) is 3.38. The number of hydrogen-bond acceptors (Lipinski definition) is 1. The lowest BCUT2D eigenvalue weighted by atomic mass is 9.96. The van der Waals surface area contributed by atoms with Gasteiger partial charge in [0.15, 0.2) is 0 Å². The zero-order valence-corrected chi connectivity index (χ0v) is 11.8. The molecule has 0 saturated heterocycles. The third-order valence-corrected chi connectivity index (χ3v) is 3.38. The highest BCUT2D eigenvalue weighted by atomic mass is 14.6. The van der Waals surface area contributed by atoms with Crippen molar-refractivity contribution in [2.24, 2.45) is 11.7 Å². The van der Waals surface area contributed by atoms with Crippen molar-refractivity contribution >= 4 is 0 Å². The molecular formula is C18H23N. The summed E-state index contributed by atoms with van der Waals surface area (Å²) in [5.41, 5.74) is 10.1. The van der Waals surface area contributed by atoms with Crippen molar-refractivity contribution in [3.05, 3.63) is 71.3 Å². The van der Waals surface area contributed by atoms with E-state index in [9.17, 15) is 0 Å². The molecule has 0 spiro atoms. The van der Waals surface area contributed by atoms with Crippen LogP contribution in [0, 0.1) is 5.92 Å². The van der Waals surface area contributed by atoms with Crippen LogP contribution in [0.2, 0.25) is 0 Å². The van der Waals surface area contributed by atoms with Crippen LogP contribution in [-0.4, -0.2) is 0 Å². The summed E-state index contributed by atoms with van der Waals surface area (Å²) in [6, 6.07) is 19.5. The average Bonchev–Trinajstić information content (AvgIpc) is 2.40. The lowest BCUT2D eigenvalue weighted by molar-refractivity contribution is 0.510. The van der Waals surface area contributed by atoms with Crippen molar-refractivity contribution in [1.29, 1.82) is 0 Å². The molecule has 1 nitrogen and oxygen atoms in total. The summed E-state index contributed by atoms with van der Waals surface area (Å²) in [5, 5.41) is 0. The summed E-state index contributed by atoms with van der Waals surface area (Å²) in [6.07, 6.45) is 2.03. The van der Waals surface area contributed by atoms with Crippen molar-refractivity contribution in [1.82, 2.24) is 0 Å². The van der Waals surface area contributed by atoms with Crippen molar-refractivity contribution in [3.8, 4) is 0 Å². The largest absolute Gasteiger partial charge is 0.324 e. The van der Waals surface area contributed by atoms with E-state index in [1.54, 1.807) is 0 Å². The van der Waals surface area contributed by atoms with E-state index in [4.69, 9.17) is 5.73 Å². The second-order valence-corrected chi connectivity index (χ2v) is 5.64. The van der Waals surface area contributed by atoms with Gasteiger partial charge >= 0.3 is 0 Å². The summed E-state index contributed by atoms with van der Waals surface area (Å²) in [6.45, 7) is 4.42. The smallest absolute Gasteiger partial charge is 0.0297 e. The van der Waals surface area contributed by atoms with Gasteiger partial charge in [0.2, 0.25) is 0 Å². The molecule has 0 bridgehead atoms. The fourth-order valence-electron chi connectivity index (χ4n) is 2.36. The van der Waals surface area contributed by atoms with E-state index >= 15 is 0 Å². The van der Waals surface area contributed by atoms with Crippen LogP contribution in [0.5, 0.6) is 0 Å². The quantitative estimate of drug-likeness (QED) is 0.843. The average molecular weight is 253 g/mol. The Morgan fingerprint density at radius 3 is 2.00 bits per heavy atom. The molecule has 0 aliphatic heterocycles. The molecule has 0 heterocycles. The third kappa shape index (κ3) is 4.22. The van der Waals surface area contributed by atoms with Crippen molar-refractivity contribution < 1.29 is 0 Å². The maximum Gasteiger partial charge on any atom is 0.0297 e. The first-order valence-electron chi connectivity index (χ1n) is 7.03.